The van der Waals surface area contributed by atoms with Crippen LogP contribution in [0.15, 0.2) is 23.1 Å². The fraction of sp³-hybridized carbons (Fsp3) is 0.600. The largest absolute Gasteiger partial charge is 0.391 e. The smallest absolute Gasteiger partial charge is 0.183 e. The van der Waals surface area contributed by atoms with E-state index in [0.717, 1.165) is 17.5 Å². The van der Waals surface area contributed by atoms with Crippen molar-refractivity contribution in [2.24, 2.45) is 5.41 Å². The van der Waals surface area contributed by atoms with Gasteiger partial charge in [0.25, 0.3) is 0 Å². The number of hydrogen-bond donors (Lipinski definition) is 1. The molecule has 0 spiro atoms. The lowest BCUT2D eigenvalue weighted by molar-refractivity contribution is 0.0816. The summed E-state index contributed by atoms with van der Waals surface area (Å²) in [5.41, 5.74) is 1.72. The molecule has 0 aliphatic heterocycles. The number of aliphatic hydroxyl groups excluding tert-OH is 1. The highest BCUT2D eigenvalue weighted by molar-refractivity contribution is 7.92. The molecule has 19 heavy (non-hydrogen) atoms. The van der Waals surface area contributed by atoms with Crippen LogP contribution in [0.25, 0.3) is 0 Å². The first-order chi connectivity index (χ1) is 8.66. The predicted octanol–water partition coefficient (Wildman–Crippen LogP) is 2.63. The van der Waals surface area contributed by atoms with Crippen LogP contribution in [0.2, 0.25) is 0 Å². The summed E-state index contributed by atoms with van der Waals surface area (Å²) < 4.78 is 25.3. The van der Waals surface area contributed by atoms with Gasteiger partial charge in [-0.1, -0.05) is 19.9 Å². The second-order valence-corrected chi connectivity index (χ2v) is 8.47. The Bertz CT molecular complexity index is 587. The van der Waals surface area contributed by atoms with E-state index in [1.165, 1.54) is 0 Å². The predicted molar refractivity (Wildman–Crippen MR) is 75.9 cm³/mol. The molecular formula is C15H22O3S. The molecule has 2 unspecified atom stereocenters. The van der Waals surface area contributed by atoms with Crippen molar-refractivity contribution in [3.8, 4) is 0 Å². The highest BCUT2D eigenvalue weighted by atomic mass is 32.2. The first-order valence-electron chi connectivity index (χ1n) is 6.65. The van der Waals surface area contributed by atoms with Gasteiger partial charge in [-0.2, -0.15) is 0 Å². The molecule has 1 aromatic carbocycles. The Labute approximate surface area is 115 Å². The molecule has 2 rings (SSSR count). The first-order valence-corrected chi connectivity index (χ1v) is 8.20. The molecule has 0 heterocycles. The third-order valence-electron chi connectivity index (χ3n) is 4.43. The van der Waals surface area contributed by atoms with Crippen LogP contribution in [0.5, 0.6) is 0 Å². The number of sulfone groups is 1. The van der Waals surface area contributed by atoms with Crippen molar-refractivity contribution in [1.82, 2.24) is 0 Å². The Morgan fingerprint density at radius 2 is 1.84 bits per heavy atom. The average Bonchev–Trinajstić information content (AvgIpc) is 2.58. The molecule has 0 aromatic heterocycles. The van der Waals surface area contributed by atoms with Crippen LogP contribution in [0.3, 0.4) is 0 Å². The normalized spacial score (nSPS) is 26.6. The lowest BCUT2D eigenvalue weighted by Gasteiger charge is -2.25. The fourth-order valence-corrected chi connectivity index (χ4v) is 4.80. The van der Waals surface area contributed by atoms with Gasteiger partial charge >= 0.3 is 0 Å². The van der Waals surface area contributed by atoms with Gasteiger partial charge in [0.05, 0.1) is 16.2 Å². The summed E-state index contributed by atoms with van der Waals surface area (Å²) in [6.07, 6.45) is 0.478. The minimum absolute atomic E-state index is 0.322. The maximum atomic E-state index is 12.6. The van der Waals surface area contributed by atoms with Gasteiger partial charge in [0.1, 0.15) is 0 Å². The van der Waals surface area contributed by atoms with Gasteiger partial charge in [-0.15, -0.1) is 0 Å². The third kappa shape index (κ3) is 2.43. The number of aliphatic hydroxyl groups is 1. The number of hydrogen-bond acceptors (Lipinski definition) is 3. The summed E-state index contributed by atoms with van der Waals surface area (Å²) in [5.74, 6) is 0. The van der Waals surface area contributed by atoms with Crippen LogP contribution in [0.4, 0.5) is 0 Å². The number of rotatable bonds is 2. The van der Waals surface area contributed by atoms with Gasteiger partial charge in [-0.05, 0) is 55.4 Å². The van der Waals surface area contributed by atoms with Gasteiger partial charge in [-0.25, -0.2) is 8.42 Å². The van der Waals surface area contributed by atoms with Crippen molar-refractivity contribution in [1.29, 1.82) is 0 Å². The third-order valence-corrected chi connectivity index (χ3v) is 6.63. The van der Waals surface area contributed by atoms with Crippen LogP contribution in [0.1, 0.15) is 37.8 Å². The molecule has 1 saturated carbocycles. The number of benzene rings is 1. The van der Waals surface area contributed by atoms with Crippen molar-refractivity contribution in [3.63, 3.8) is 0 Å². The van der Waals surface area contributed by atoms with E-state index in [0.29, 0.717) is 11.3 Å². The van der Waals surface area contributed by atoms with Crippen LogP contribution in [-0.4, -0.2) is 24.9 Å². The molecule has 0 bridgehead atoms. The van der Waals surface area contributed by atoms with Gasteiger partial charge in [0, 0.05) is 0 Å². The van der Waals surface area contributed by atoms with Gasteiger partial charge in [0.15, 0.2) is 9.84 Å². The summed E-state index contributed by atoms with van der Waals surface area (Å²) in [6.45, 7) is 7.71. The van der Waals surface area contributed by atoms with Crippen molar-refractivity contribution in [2.75, 3.05) is 0 Å². The Morgan fingerprint density at radius 1 is 1.21 bits per heavy atom. The van der Waals surface area contributed by atoms with Crippen LogP contribution < -0.4 is 0 Å². The number of aryl methyl sites for hydroxylation is 2. The quantitative estimate of drug-likeness (QED) is 0.907. The van der Waals surface area contributed by atoms with Crippen molar-refractivity contribution >= 4 is 9.84 Å². The zero-order valence-corrected chi connectivity index (χ0v) is 12.8. The van der Waals surface area contributed by atoms with Gasteiger partial charge < -0.3 is 5.11 Å². The fourth-order valence-electron chi connectivity index (χ4n) is 2.71. The summed E-state index contributed by atoms with van der Waals surface area (Å²) in [7, 11) is -3.45. The Balaban J connectivity index is 2.41. The lowest BCUT2D eigenvalue weighted by Crippen LogP contribution is -2.36. The summed E-state index contributed by atoms with van der Waals surface area (Å²) >= 11 is 0. The Kier molecular flexibility index (Phi) is 3.52. The summed E-state index contributed by atoms with van der Waals surface area (Å²) in [4.78, 5) is 0.331. The average molecular weight is 282 g/mol. The second kappa shape index (κ2) is 4.60. The highest BCUT2D eigenvalue weighted by Crippen LogP contribution is 2.42. The SMILES string of the molecule is Cc1ccc(S(=O)(=O)C2CCC(C)(C)C2O)cc1C. The molecule has 2 atom stereocenters. The zero-order chi connectivity index (χ0) is 14.4. The standard InChI is InChI=1S/C15H22O3S/c1-10-5-6-12(9-11(10)2)19(17,18)13-7-8-15(3,4)14(13)16/h5-6,9,13-14,16H,7-8H2,1-4H3. The van der Waals surface area contributed by atoms with Gasteiger partial charge in [-0.3, -0.25) is 0 Å². The van der Waals surface area contributed by atoms with E-state index in [2.05, 4.69) is 0 Å². The van der Waals surface area contributed by atoms with Crippen LogP contribution >= 0.6 is 0 Å². The molecule has 1 aromatic rings. The van der Waals surface area contributed by atoms with Crippen LogP contribution in [0, 0.1) is 19.3 Å². The maximum Gasteiger partial charge on any atom is 0.183 e. The molecule has 0 amide bonds. The maximum absolute atomic E-state index is 12.6. The van der Waals surface area contributed by atoms with Crippen molar-refractivity contribution < 1.29 is 13.5 Å². The summed E-state index contributed by atoms with van der Waals surface area (Å²) in [6, 6.07) is 5.19. The minimum atomic E-state index is -3.45. The van der Waals surface area contributed by atoms with E-state index < -0.39 is 21.2 Å². The van der Waals surface area contributed by atoms with Crippen molar-refractivity contribution in [2.45, 2.75) is 56.8 Å². The zero-order valence-electron chi connectivity index (χ0n) is 12.0. The highest BCUT2D eigenvalue weighted by Gasteiger charge is 2.47. The lowest BCUT2D eigenvalue weighted by atomic mass is 9.89. The van der Waals surface area contributed by atoms with E-state index in [-0.39, 0.29) is 5.41 Å². The minimum Gasteiger partial charge on any atom is -0.391 e. The molecular weight excluding hydrogens is 260 g/mol. The van der Waals surface area contributed by atoms with Crippen molar-refractivity contribution in [3.05, 3.63) is 29.3 Å². The summed E-state index contributed by atoms with van der Waals surface area (Å²) in [5, 5.41) is 9.58. The molecule has 4 heteroatoms. The molecule has 0 saturated heterocycles. The Hall–Kier alpha value is -0.870. The topological polar surface area (TPSA) is 54.4 Å². The van der Waals surface area contributed by atoms with E-state index in [9.17, 15) is 13.5 Å². The molecule has 1 fully saturated rings. The molecule has 106 valence electrons. The molecule has 0 radical (unpaired) electrons. The first kappa shape index (κ1) is 14.5. The van der Waals surface area contributed by atoms with Gasteiger partial charge in [0.2, 0.25) is 0 Å². The van der Waals surface area contributed by atoms with E-state index in [1.54, 1.807) is 12.1 Å². The van der Waals surface area contributed by atoms with Crippen LogP contribution in [-0.2, 0) is 9.84 Å². The molecule has 1 N–H and O–H groups in total. The monoisotopic (exact) mass is 282 g/mol. The van der Waals surface area contributed by atoms with E-state index in [1.807, 2.05) is 33.8 Å². The van der Waals surface area contributed by atoms with E-state index in [4.69, 9.17) is 0 Å². The second-order valence-electron chi connectivity index (χ2n) is 6.30. The van der Waals surface area contributed by atoms with E-state index >= 15 is 0 Å². The molecule has 1 aliphatic rings. The molecule has 1 aliphatic carbocycles. The molecule has 3 nitrogen and oxygen atoms in total. The Morgan fingerprint density at radius 3 is 2.32 bits per heavy atom.